The third-order valence-corrected chi connectivity index (χ3v) is 4.67. The molecule has 1 fully saturated rings. The van der Waals surface area contributed by atoms with Crippen molar-refractivity contribution in [3.63, 3.8) is 0 Å². The van der Waals surface area contributed by atoms with Crippen LogP contribution in [-0.2, 0) is 4.74 Å². The van der Waals surface area contributed by atoms with Gasteiger partial charge in [-0.25, -0.2) is 0 Å². The van der Waals surface area contributed by atoms with Gasteiger partial charge in [-0.3, -0.25) is 4.79 Å². The maximum atomic E-state index is 12.9. The van der Waals surface area contributed by atoms with Crippen LogP contribution in [0.25, 0.3) is 10.9 Å². The second-order valence-electron chi connectivity index (χ2n) is 6.33. The molecule has 1 amide bonds. The normalized spacial score (nSPS) is 16.8. The number of aryl methyl sites for hydroxylation is 1. The molecule has 2 N–H and O–H groups in total. The minimum Gasteiger partial charge on any atom is -0.381 e. The van der Waals surface area contributed by atoms with E-state index in [2.05, 4.69) is 20.4 Å². The first-order chi connectivity index (χ1) is 12.2. The molecule has 130 valence electrons. The quantitative estimate of drug-likeness (QED) is 0.762. The van der Waals surface area contributed by atoms with Crippen molar-refractivity contribution in [3.8, 4) is 0 Å². The minimum absolute atomic E-state index is 0.141. The number of fused-ring (bicyclic) bond motifs is 1. The topological polar surface area (TPSA) is 93.0 Å². The number of aromatic nitrogens is 3. The predicted octanol–water partition coefficient (Wildman–Crippen LogP) is 2.76. The van der Waals surface area contributed by atoms with E-state index in [-0.39, 0.29) is 17.9 Å². The van der Waals surface area contributed by atoms with Gasteiger partial charge in [0.1, 0.15) is 6.04 Å². The van der Waals surface area contributed by atoms with Crippen LogP contribution in [0, 0.1) is 12.8 Å². The first kappa shape index (κ1) is 15.8. The zero-order valence-electron chi connectivity index (χ0n) is 14.0. The summed E-state index contributed by atoms with van der Waals surface area (Å²) in [5, 5.41) is 7.89. The summed E-state index contributed by atoms with van der Waals surface area (Å²) in [5.41, 5.74) is 1.57. The highest BCUT2D eigenvalue weighted by molar-refractivity contribution is 6.06. The summed E-state index contributed by atoms with van der Waals surface area (Å²) < 4.78 is 10.8. The van der Waals surface area contributed by atoms with Crippen molar-refractivity contribution in [2.24, 2.45) is 5.92 Å². The Balaban J connectivity index is 1.63. The fraction of sp³-hybridized carbons (Fsp3) is 0.389. The zero-order valence-corrected chi connectivity index (χ0v) is 14.0. The van der Waals surface area contributed by atoms with Crippen molar-refractivity contribution in [2.45, 2.75) is 25.8 Å². The van der Waals surface area contributed by atoms with Gasteiger partial charge in [-0.2, -0.15) is 4.98 Å². The summed E-state index contributed by atoms with van der Waals surface area (Å²) in [6.07, 6.45) is 3.53. The van der Waals surface area contributed by atoms with Crippen molar-refractivity contribution in [1.29, 1.82) is 0 Å². The lowest BCUT2D eigenvalue weighted by Crippen LogP contribution is -2.36. The molecule has 1 aliphatic rings. The highest BCUT2D eigenvalue weighted by Crippen LogP contribution is 2.30. The summed E-state index contributed by atoms with van der Waals surface area (Å²) in [6.45, 7) is 3.13. The van der Waals surface area contributed by atoms with Crippen molar-refractivity contribution in [2.75, 3.05) is 13.2 Å². The molecule has 0 unspecified atom stereocenters. The number of carbonyl (C=O) groups is 1. The molecule has 0 aliphatic carbocycles. The number of amides is 1. The van der Waals surface area contributed by atoms with Crippen molar-refractivity contribution >= 4 is 16.8 Å². The van der Waals surface area contributed by atoms with Gasteiger partial charge in [-0.15, -0.1) is 0 Å². The number of benzene rings is 1. The van der Waals surface area contributed by atoms with Crippen molar-refractivity contribution in [3.05, 3.63) is 47.7 Å². The number of hydrogen-bond acceptors (Lipinski definition) is 5. The van der Waals surface area contributed by atoms with Crippen LogP contribution in [0.15, 0.2) is 35.0 Å². The number of nitrogens with one attached hydrogen (secondary N) is 2. The van der Waals surface area contributed by atoms with Crippen molar-refractivity contribution < 1.29 is 14.1 Å². The van der Waals surface area contributed by atoms with Crippen LogP contribution < -0.4 is 5.32 Å². The Hall–Kier alpha value is -2.67. The molecule has 3 aromatic rings. The Morgan fingerprint density at radius 2 is 2.16 bits per heavy atom. The molecule has 1 saturated heterocycles. The summed E-state index contributed by atoms with van der Waals surface area (Å²) in [5.74, 6) is 1.09. The highest BCUT2D eigenvalue weighted by atomic mass is 16.5. The van der Waals surface area contributed by atoms with Crippen LogP contribution >= 0.6 is 0 Å². The van der Waals surface area contributed by atoms with Crippen LogP contribution in [0.1, 0.15) is 41.0 Å². The number of carbonyl (C=O) groups excluding carboxylic acids is 1. The van der Waals surface area contributed by atoms with Gasteiger partial charge in [-0.05, 0) is 43.9 Å². The van der Waals surface area contributed by atoms with E-state index in [0.29, 0.717) is 30.5 Å². The molecule has 1 aliphatic heterocycles. The SMILES string of the molecule is Cc1noc([C@@H](NC(=O)c2cccc3[nH]ccc23)C2CCOCC2)n1. The lowest BCUT2D eigenvalue weighted by Gasteiger charge is -2.28. The number of rotatable bonds is 4. The Morgan fingerprint density at radius 3 is 2.92 bits per heavy atom. The van der Waals surface area contributed by atoms with Crippen LogP contribution in [0.5, 0.6) is 0 Å². The predicted molar refractivity (Wildman–Crippen MR) is 91.1 cm³/mol. The van der Waals surface area contributed by atoms with Gasteiger partial charge in [-0.1, -0.05) is 11.2 Å². The maximum absolute atomic E-state index is 12.9. The molecule has 1 atom stereocenters. The summed E-state index contributed by atoms with van der Waals surface area (Å²) in [6, 6.07) is 7.24. The Bertz CT molecular complexity index is 879. The first-order valence-electron chi connectivity index (χ1n) is 8.47. The average Bonchev–Trinajstić information content (AvgIpc) is 3.28. The number of ether oxygens (including phenoxy) is 1. The lowest BCUT2D eigenvalue weighted by molar-refractivity contribution is 0.0468. The molecule has 0 spiro atoms. The molecule has 7 nitrogen and oxygen atoms in total. The van der Waals surface area contributed by atoms with Gasteiger partial charge < -0.3 is 19.6 Å². The molecule has 0 saturated carbocycles. The van der Waals surface area contributed by atoms with E-state index in [9.17, 15) is 4.79 Å². The maximum Gasteiger partial charge on any atom is 0.252 e. The molecule has 7 heteroatoms. The van der Waals surface area contributed by atoms with E-state index in [4.69, 9.17) is 9.26 Å². The smallest absolute Gasteiger partial charge is 0.252 e. The van der Waals surface area contributed by atoms with E-state index in [1.165, 1.54) is 0 Å². The van der Waals surface area contributed by atoms with E-state index in [1.807, 2.05) is 30.5 Å². The van der Waals surface area contributed by atoms with Crippen LogP contribution in [0.2, 0.25) is 0 Å². The number of nitrogens with zero attached hydrogens (tertiary/aromatic N) is 2. The van der Waals surface area contributed by atoms with E-state index < -0.39 is 0 Å². The Morgan fingerprint density at radius 1 is 1.32 bits per heavy atom. The number of H-pyrrole nitrogens is 1. The Labute approximate surface area is 144 Å². The van der Waals surface area contributed by atoms with Crippen LogP contribution in [0.3, 0.4) is 0 Å². The summed E-state index contributed by atoms with van der Waals surface area (Å²) in [7, 11) is 0. The van der Waals surface area contributed by atoms with Crippen LogP contribution in [0.4, 0.5) is 0 Å². The van der Waals surface area contributed by atoms with Crippen molar-refractivity contribution in [1.82, 2.24) is 20.4 Å². The van der Waals surface area contributed by atoms with E-state index >= 15 is 0 Å². The van der Waals surface area contributed by atoms with Crippen LogP contribution in [-0.4, -0.2) is 34.2 Å². The van der Waals surface area contributed by atoms with Gasteiger partial charge in [0.15, 0.2) is 5.82 Å². The molecule has 0 radical (unpaired) electrons. The second-order valence-corrected chi connectivity index (χ2v) is 6.33. The minimum atomic E-state index is -0.313. The molecular formula is C18H20N4O3. The van der Waals surface area contributed by atoms with Gasteiger partial charge in [0.05, 0.1) is 0 Å². The molecule has 0 bridgehead atoms. The van der Waals surface area contributed by atoms with Gasteiger partial charge in [0.25, 0.3) is 5.91 Å². The van der Waals surface area contributed by atoms with E-state index in [1.54, 1.807) is 6.92 Å². The molecular weight excluding hydrogens is 320 g/mol. The van der Waals surface area contributed by atoms with Gasteiger partial charge in [0.2, 0.25) is 5.89 Å². The largest absolute Gasteiger partial charge is 0.381 e. The molecule has 2 aromatic heterocycles. The van der Waals surface area contributed by atoms with Gasteiger partial charge >= 0.3 is 0 Å². The average molecular weight is 340 g/mol. The first-order valence-corrected chi connectivity index (χ1v) is 8.47. The number of hydrogen-bond donors (Lipinski definition) is 2. The standard InChI is InChI=1S/C18H20N4O3/c1-11-20-18(25-22-11)16(12-6-9-24-10-7-12)21-17(23)14-3-2-4-15-13(14)5-8-19-15/h2-5,8,12,16,19H,6-7,9-10H2,1H3,(H,21,23)/t16-/m0/s1. The fourth-order valence-corrected chi connectivity index (χ4v) is 3.37. The zero-order chi connectivity index (χ0) is 17.2. The molecule has 3 heterocycles. The van der Waals surface area contributed by atoms with Gasteiger partial charge in [0, 0.05) is 35.9 Å². The number of aromatic amines is 1. The lowest BCUT2D eigenvalue weighted by atomic mass is 9.91. The molecule has 1 aromatic carbocycles. The third-order valence-electron chi connectivity index (χ3n) is 4.67. The second kappa shape index (κ2) is 6.68. The fourth-order valence-electron chi connectivity index (χ4n) is 3.37. The van der Waals surface area contributed by atoms with E-state index in [0.717, 1.165) is 23.7 Å². The molecule has 25 heavy (non-hydrogen) atoms. The third kappa shape index (κ3) is 3.15. The Kier molecular flexibility index (Phi) is 4.23. The highest BCUT2D eigenvalue weighted by Gasteiger charge is 2.31. The summed E-state index contributed by atoms with van der Waals surface area (Å²) in [4.78, 5) is 20.4. The molecule has 4 rings (SSSR count). The summed E-state index contributed by atoms with van der Waals surface area (Å²) >= 11 is 0. The monoisotopic (exact) mass is 340 g/mol.